The molecule has 1 aromatic rings. The highest BCUT2D eigenvalue weighted by Gasteiger charge is 2.25. The van der Waals surface area contributed by atoms with Crippen molar-refractivity contribution in [3.05, 3.63) is 35.4 Å². The number of terminal acetylenes is 1. The van der Waals surface area contributed by atoms with Crippen LogP contribution in [0.15, 0.2) is 24.3 Å². The molecule has 3 nitrogen and oxygen atoms in total. The van der Waals surface area contributed by atoms with Crippen LogP contribution < -0.4 is 10.6 Å². The van der Waals surface area contributed by atoms with Crippen LogP contribution in [0.2, 0.25) is 0 Å². The zero-order valence-corrected chi connectivity index (χ0v) is 11.6. The van der Waals surface area contributed by atoms with E-state index in [0.717, 1.165) is 17.9 Å². The van der Waals surface area contributed by atoms with Crippen molar-refractivity contribution >= 4 is 17.7 Å². The van der Waals surface area contributed by atoms with Gasteiger partial charge in [-0.05, 0) is 11.1 Å². The van der Waals surface area contributed by atoms with Gasteiger partial charge in [0, 0.05) is 25.4 Å². The molecule has 0 aliphatic carbocycles. The summed E-state index contributed by atoms with van der Waals surface area (Å²) in [6, 6.07) is 8.13. The molecule has 0 bridgehead atoms. The summed E-state index contributed by atoms with van der Waals surface area (Å²) >= 11 is 1.66. The minimum atomic E-state index is -0.0809. The quantitative estimate of drug-likeness (QED) is 0.629. The molecule has 0 aromatic heterocycles. The van der Waals surface area contributed by atoms with Crippen LogP contribution in [0, 0.1) is 12.3 Å². The second kappa shape index (κ2) is 7.22. The van der Waals surface area contributed by atoms with Gasteiger partial charge in [-0.2, -0.15) is 0 Å². The maximum atomic E-state index is 12.2. The fourth-order valence-electron chi connectivity index (χ4n) is 2.23. The van der Waals surface area contributed by atoms with Crippen molar-refractivity contribution in [2.75, 3.05) is 24.6 Å². The van der Waals surface area contributed by atoms with E-state index in [9.17, 15) is 4.79 Å². The molecule has 1 aliphatic rings. The molecule has 0 saturated carbocycles. The molecule has 1 unspecified atom stereocenters. The lowest BCUT2D eigenvalue weighted by Gasteiger charge is -2.25. The summed E-state index contributed by atoms with van der Waals surface area (Å²) in [6.07, 6.45) is 5.17. The molecule has 4 heteroatoms. The Kier molecular flexibility index (Phi) is 5.31. The van der Waals surface area contributed by atoms with Crippen LogP contribution in [0.4, 0.5) is 0 Å². The predicted molar refractivity (Wildman–Crippen MR) is 80.1 cm³/mol. The molecule has 1 aromatic carbocycles. The van der Waals surface area contributed by atoms with Crippen LogP contribution in [0.3, 0.4) is 0 Å². The highest BCUT2D eigenvalue weighted by atomic mass is 32.2. The van der Waals surface area contributed by atoms with Gasteiger partial charge in [-0.1, -0.05) is 30.2 Å². The van der Waals surface area contributed by atoms with E-state index < -0.39 is 0 Å². The lowest BCUT2D eigenvalue weighted by molar-refractivity contribution is -0.122. The molecule has 0 spiro atoms. The van der Waals surface area contributed by atoms with E-state index in [1.54, 1.807) is 11.8 Å². The smallest absolute Gasteiger partial charge is 0.228 e. The van der Waals surface area contributed by atoms with Gasteiger partial charge in [0.25, 0.3) is 0 Å². The Balaban J connectivity index is 1.89. The molecule has 2 rings (SSSR count). The highest BCUT2D eigenvalue weighted by molar-refractivity contribution is 7.99. The van der Waals surface area contributed by atoms with Gasteiger partial charge in [0.15, 0.2) is 0 Å². The Bertz CT molecular complexity index is 481. The molecular formula is C15H18N2OS. The zero-order chi connectivity index (χ0) is 13.5. The zero-order valence-electron chi connectivity index (χ0n) is 10.8. The lowest BCUT2D eigenvalue weighted by Crippen LogP contribution is -2.39. The summed E-state index contributed by atoms with van der Waals surface area (Å²) in [7, 11) is 0. The first-order valence-corrected chi connectivity index (χ1v) is 7.56. The Labute approximate surface area is 118 Å². The number of rotatable bonds is 5. The number of amides is 1. The van der Waals surface area contributed by atoms with Crippen molar-refractivity contribution in [3.63, 3.8) is 0 Å². The van der Waals surface area contributed by atoms with Crippen LogP contribution in [0.25, 0.3) is 0 Å². The average molecular weight is 274 g/mol. The minimum absolute atomic E-state index is 0.0809. The third kappa shape index (κ3) is 3.76. The average Bonchev–Trinajstić information content (AvgIpc) is 2.46. The normalized spacial score (nSPS) is 17.3. The Hall–Kier alpha value is -1.44. The largest absolute Gasteiger partial charge is 0.355 e. The number of benzene rings is 1. The van der Waals surface area contributed by atoms with E-state index in [1.807, 2.05) is 18.2 Å². The Morgan fingerprint density at radius 3 is 3.21 bits per heavy atom. The Morgan fingerprint density at radius 1 is 1.53 bits per heavy atom. The summed E-state index contributed by atoms with van der Waals surface area (Å²) in [6.45, 7) is 2.22. The summed E-state index contributed by atoms with van der Waals surface area (Å²) < 4.78 is 0. The lowest BCUT2D eigenvalue weighted by atomic mass is 9.90. The third-order valence-corrected chi connectivity index (χ3v) is 4.01. The number of nitrogens with one attached hydrogen (secondary N) is 2. The first-order valence-electron chi connectivity index (χ1n) is 6.40. The van der Waals surface area contributed by atoms with Crippen LogP contribution in [0.5, 0.6) is 0 Å². The summed E-state index contributed by atoms with van der Waals surface area (Å²) in [5, 5.41) is 6.27. The molecule has 0 radical (unpaired) electrons. The fraction of sp³-hybridized carbons (Fsp3) is 0.400. The molecule has 100 valence electrons. The van der Waals surface area contributed by atoms with Gasteiger partial charge in [0.1, 0.15) is 0 Å². The number of thioether (sulfide) groups is 1. The van der Waals surface area contributed by atoms with Gasteiger partial charge in [-0.3, -0.25) is 4.79 Å². The molecule has 1 amide bonds. The maximum absolute atomic E-state index is 12.2. The van der Waals surface area contributed by atoms with Gasteiger partial charge < -0.3 is 10.6 Å². The van der Waals surface area contributed by atoms with Crippen molar-refractivity contribution in [3.8, 4) is 12.3 Å². The van der Waals surface area contributed by atoms with Crippen LogP contribution in [-0.4, -0.2) is 30.5 Å². The van der Waals surface area contributed by atoms with Gasteiger partial charge in [0.2, 0.25) is 5.91 Å². The first kappa shape index (κ1) is 14.0. The van der Waals surface area contributed by atoms with E-state index in [-0.39, 0.29) is 11.8 Å². The van der Waals surface area contributed by atoms with Crippen molar-refractivity contribution in [2.24, 2.45) is 0 Å². The van der Waals surface area contributed by atoms with Crippen LogP contribution in [0.1, 0.15) is 17.0 Å². The summed E-state index contributed by atoms with van der Waals surface area (Å²) in [5.41, 5.74) is 2.37. The minimum Gasteiger partial charge on any atom is -0.355 e. The summed E-state index contributed by atoms with van der Waals surface area (Å²) in [5.74, 6) is 4.15. The molecule has 2 N–H and O–H groups in total. The van der Waals surface area contributed by atoms with Gasteiger partial charge in [-0.15, -0.1) is 18.2 Å². The van der Waals surface area contributed by atoms with E-state index >= 15 is 0 Å². The number of hydrogen-bond donors (Lipinski definition) is 2. The van der Waals surface area contributed by atoms with E-state index in [4.69, 9.17) is 6.42 Å². The molecule has 0 saturated heterocycles. The monoisotopic (exact) mass is 274 g/mol. The second-order valence-corrected chi connectivity index (χ2v) is 5.54. The number of fused-ring (bicyclic) bond motifs is 1. The van der Waals surface area contributed by atoms with E-state index in [1.165, 1.54) is 5.56 Å². The van der Waals surface area contributed by atoms with Crippen molar-refractivity contribution < 1.29 is 4.79 Å². The maximum Gasteiger partial charge on any atom is 0.228 e. The van der Waals surface area contributed by atoms with Gasteiger partial charge >= 0.3 is 0 Å². The molecule has 19 heavy (non-hydrogen) atoms. The van der Waals surface area contributed by atoms with Crippen LogP contribution in [-0.2, 0) is 11.3 Å². The molecule has 1 heterocycles. The summed E-state index contributed by atoms with van der Waals surface area (Å²) in [4.78, 5) is 12.2. The number of carbonyl (C=O) groups excluding carboxylic acids is 1. The topological polar surface area (TPSA) is 41.1 Å². The molecular weight excluding hydrogens is 256 g/mol. The molecule has 1 atom stereocenters. The molecule has 1 aliphatic heterocycles. The van der Waals surface area contributed by atoms with E-state index in [0.29, 0.717) is 18.8 Å². The SMILES string of the molecule is C#CCSCCNC(=O)C1CNCc2ccccc21. The Morgan fingerprint density at radius 2 is 2.37 bits per heavy atom. The number of carbonyl (C=O) groups is 1. The molecule has 0 fully saturated rings. The second-order valence-electron chi connectivity index (χ2n) is 4.43. The third-order valence-electron chi connectivity index (χ3n) is 3.14. The van der Waals surface area contributed by atoms with Gasteiger partial charge in [0.05, 0.1) is 11.7 Å². The fourth-order valence-corrected chi connectivity index (χ4v) is 2.74. The van der Waals surface area contributed by atoms with Gasteiger partial charge in [-0.25, -0.2) is 0 Å². The number of hydrogen-bond acceptors (Lipinski definition) is 3. The van der Waals surface area contributed by atoms with Crippen molar-refractivity contribution in [1.82, 2.24) is 10.6 Å². The van der Waals surface area contributed by atoms with Crippen molar-refractivity contribution in [1.29, 1.82) is 0 Å². The van der Waals surface area contributed by atoms with E-state index in [2.05, 4.69) is 22.6 Å². The van der Waals surface area contributed by atoms with Crippen LogP contribution >= 0.6 is 11.8 Å². The first-order chi connectivity index (χ1) is 9.33. The predicted octanol–water partition coefficient (Wildman–Crippen LogP) is 1.36. The highest BCUT2D eigenvalue weighted by Crippen LogP contribution is 2.23. The standard InChI is InChI=1S/C15H18N2OS/c1-2-8-19-9-7-17-15(18)14-11-16-10-12-5-3-4-6-13(12)14/h1,3-6,14,16H,7-11H2,(H,17,18). The van der Waals surface area contributed by atoms with Crippen molar-refractivity contribution in [2.45, 2.75) is 12.5 Å².